The monoisotopic (exact) mass is 244 g/mol. The van der Waals surface area contributed by atoms with Gasteiger partial charge in [-0.15, -0.1) is 0 Å². The summed E-state index contributed by atoms with van der Waals surface area (Å²) < 4.78 is 0. The molecule has 18 heavy (non-hydrogen) atoms. The Morgan fingerprint density at radius 1 is 1.28 bits per heavy atom. The lowest BCUT2D eigenvalue weighted by molar-refractivity contribution is 0.122. The zero-order valence-electron chi connectivity index (χ0n) is 11.4. The molecule has 0 saturated carbocycles. The second-order valence-corrected chi connectivity index (χ2v) is 5.81. The van der Waals surface area contributed by atoms with Gasteiger partial charge in [0.15, 0.2) is 0 Å². The molecule has 3 rings (SSSR count). The second-order valence-electron chi connectivity index (χ2n) is 5.81. The smallest absolute Gasteiger partial charge is 0.0354 e. The van der Waals surface area contributed by atoms with Gasteiger partial charge in [-0.3, -0.25) is 4.90 Å². The molecule has 1 aromatic carbocycles. The first-order chi connectivity index (χ1) is 8.88. The maximum atomic E-state index is 3.34. The molecule has 1 N–H and O–H groups in total. The molecule has 98 valence electrons. The molecule has 1 aromatic rings. The molecule has 2 heteroatoms. The lowest BCUT2D eigenvalue weighted by atomic mass is 9.95. The maximum absolute atomic E-state index is 3.34. The van der Waals surface area contributed by atoms with Crippen molar-refractivity contribution in [2.75, 3.05) is 26.7 Å². The van der Waals surface area contributed by atoms with E-state index in [0.29, 0.717) is 6.04 Å². The Labute approximate surface area is 110 Å². The number of nitrogens with one attached hydrogen (secondary N) is 1. The van der Waals surface area contributed by atoms with E-state index in [1.807, 2.05) is 0 Å². The number of hydrogen-bond acceptors (Lipinski definition) is 2. The standard InChI is InChI=1S/C16H24N2/c1-17-11-13-5-4-10-18(12-13)16-9-8-14-6-2-3-7-15(14)16/h2-3,6-7,13,16-17H,4-5,8-12H2,1H3. The quantitative estimate of drug-likeness (QED) is 0.879. The largest absolute Gasteiger partial charge is 0.319 e. The van der Waals surface area contributed by atoms with E-state index < -0.39 is 0 Å². The van der Waals surface area contributed by atoms with Crippen LogP contribution in [0.3, 0.4) is 0 Å². The first-order valence-electron chi connectivity index (χ1n) is 7.35. The van der Waals surface area contributed by atoms with Gasteiger partial charge in [0.2, 0.25) is 0 Å². The van der Waals surface area contributed by atoms with Crippen LogP contribution in [0, 0.1) is 5.92 Å². The first kappa shape index (κ1) is 12.2. The van der Waals surface area contributed by atoms with Crippen LogP contribution in [0.25, 0.3) is 0 Å². The molecule has 1 aliphatic heterocycles. The third-order valence-electron chi connectivity index (χ3n) is 4.59. The highest BCUT2D eigenvalue weighted by molar-refractivity contribution is 5.34. The summed E-state index contributed by atoms with van der Waals surface area (Å²) >= 11 is 0. The van der Waals surface area contributed by atoms with Crippen molar-refractivity contribution in [2.24, 2.45) is 5.92 Å². The van der Waals surface area contributed by atoms with Gasteiger partial charge >= 0.3 is 0 Å². The highest BCUT2D eigenvalue weighted by atomic mass is 15.2. The molecular formula is C16H24N2. The van der Waals surface area contributed by atoms with Crippen LogP contribution in [-0.4, -0.2) is 31.6 Å². The average molecular weight is 244 g/mol. The number of aryl methyl sites for hydroxylation is 1. The van der Waals surface area contributed by atoms with Crippen LogP contribution < -0.4 is 5.32 Å². The maximum Gasteiger partial charge on any atom is 0.0354 e. The Morgan fingerprint density at radius 2 is 2.17 bits per heavy atom. The highest BCUT2D eigenvalue weighted by Gasteiger charge is 2.30. The van der Waals surface area contributed by atoms with E-state index in [4.69, 9.17) is 0 Å². The van der Waals surface area contributed by atoms with Gasteiger partial charge in [0.25, 0.3) is 0 Å². The Balaban J connectivity index is 1.72. The van der Waals surface area contributed by atoms with Gasteiger partial charge < -0.3 is 5.32 Å². The average Bonchev–Trinajstić information content (AvgIpc) is 2.83. The SMILES string of the molecule is CNCC1CCCN(C2CCc3ccccc32)C1. The molecule has 0 spiro atoms. The van der Waals surface area contributed by atoms with E-state index >= 15 is 0 Å². The summed E-state index contributed by atoms with van der Waals surface area (Å²) in [7, 11) is 2.07. The molecule has 1 fully saturated rings. The van der Waals surface area contributed by atoms with Crippen LogP contribution in [0.5, 0.6) is 0 Å². The van der Waals surface area contributed by atoms with Gasteiger partial charge in [-0.25, -0.2) is 0 Å². The minimum atomic E-state index is 0.695. The Kier molecular flexibility index (Phi) is 3.67. The molecule has 1 heterocycles. The molecule has 1 saturated heterocycles. The summed E-state index contributed by atoms with van der Waals surface area (Å²) in [6.45, 7) is 3.74. The predicted molar refractivity (Wildman–Crippen MR) is 75.7 cm³/mol. The molecule has 2 unspecified atom stereocenters. The number of benzene rings is 1. The molecule has 2 aliphatic rings. The summed E-state index contributed by atoms with van der Waals surface area (Å²) in [4.78, 5) is 2.73. The molecule has 2 nitrogen and oxygen atoms in total. The van der Waals surface area contributed by atoms with Crippen LogP contribution in [0.2, 0.25) is 0 Å². The summed E-state index contributed by atoms with van der Waals surface area (Å²) in [6.07, 6.45) is 5.36. The molecule has 1 aliphatic carbocycles. The van der Waals surface area contributed by atoms with Gasteiger partial charge in [-0.05, 0) is 62.9 Å². The van der Waals surface area contributed by atoms with Gasteiger partial charge in [0.05, 0.1) is 0 Å². The number of piperidine rings is 1. The van der Waals surface area contributed by atoms with Crippen molar-refractivity contribution in [3.8, 4) is 0 Å². The van der Waals surface area contributed by atoms with Crippen molar-refractivity contribution >= 4 is 0 Å². The van der Waals surface area contributed by atoms with Gasteiger partial charge in [-0.2, -0.15) is 0 Å². The normalized spacial score (nSPS) is 28.3. The van der Waals surface area contributed by atoms with Gasteiger partial charge in [0.1, 0.15) is 0 Å². The van der Waals surface area contributed by atoms with Crippen LogP contribution in [-0.2, 0) is 6.42 Å². The Morgan fingerprint density at radius 3 is 3.06 bits per heavy atom. The number of hydrogen-bond donors (Lipinski definition) is 1. The first-order valence-corrected chi connectivity index (χ1v) is 7.35. The third-order valence-corrected chi connectivity index (χ3v) is 4.59. The highest BCUT2D eigenvalue weighted by Crippen LogP contribution is 2.37. The topological polar surface area (TPSA) is 15.3 Å². The molecular weight excluding hydrogens is 220 g/mol. The van der Waals surface area contributed by atoms with Crippen LogP contribution in [0.4, 0.5) is 0 Å². The second kappa shape index (κ2) is 5.41. The lowest BCUT2D eigenvalue weighted by Crippen LogP contribution is -2.40. The molecule has 0 radical (unpaired) electrons. The van der Waals surface area contributed by atoms with E-state index in [1.54, 1.807) is 11.1 Å². The summed E-state index contributed by atoms with van der Waals surface area (Å²) in [6, 6.07) is 9.73. The van der Waals surface area contributed by atoms with Crippen molar-refractivity contribution in [2.45, 2.75) is 31.7 Å². The number of nitrogens with zero attached hydrogens (tertiary/aromatic N) is 1. The van der Waals surface area contributed by atoms with Gasteiger partial charge in [-0.1, -0.05) is 24.3 Å². The number of likely N-dealkylation sites (tertiary alicyclic amines) is 1. The molecule has 0 amide bonds. The third kappa shape index (κ3) is 2.32. The van der Waals surface area contributed by atoms with Crippen molar-refractivity contribution in [3.63, 3.8) is 0 Å². The fourth-order valence-electron chi connectivity index (χ4n) is 3.75. The Bertz CT molecular complexity index is 400. The molecule has 2 atom stereocenters. The van der Waals surface area contributed by atoms with Crippen molar-refractivity contribution in [3.05, 3.63) is 35.4 Å². The van der Waals surface area contributed by atoms with Crippen molar-refractivity contribution < 1.29 is 0 Å². The zero-order chi connectivity index (χ0) is 12.4. The Hall–Kier alpha value is -0.860. The van der Waals surface area contributed by atoms with E-state index in [-0.39, 0.29) is 0 Å². The van der Waals surface area contributed by atoms with E-state index in [1.165, 1.54) is 45.3 Å². The van der Waals surface area contributed by atoms with Crippen molar-refractivity contribution in [1.82, 2.24) is 10.2 Å². The number of fused-ring (bicyclic) bond motifs is 1. The van der Waals surface area contributed by atoms with Gasteiger partial charge in [0, 0.05) is 12.6 Å². The minimum Gasteiger partial charge on any atom is -0.319 e. The molecule has 0 bridgehead atoms. The fourth-order valence-corrected chi connectivity index (χ4v) is 3.75. The van der Waals surface area contributed by atoms with E-state index in [0.717, 1.165) is 5.92 Å². The summed E-state index contributed by atoms with van der Waals surface area (Å²) in [5, 5.41) is 3.34. The summed E-state index contributed by atoms with van der Waals surface area (Å²) in [5.74, 6) is 0.844. The van der Waals surface area contributed by atoms with Crippen LogP contribution in [0.15, 0.2) is 24.3 Å². The number of rotatable bonds is 3. The van der Waals surface area contributed by atoms with E-state index in [9.17, 15) is 0 Å². The van der Waals surface area contributed by atoms with Crippen LogP contribution >= 0.6 is 0 Å². The van der Waals surface area contributed by atoms with Crippen molar-refractivity contribution in [1.29, 1.82) is 0 Å². The van der Waals surface area contributed by atoms with E-state index in [2.05, 4.69) is 41.5 Å². The van der Waals surface area contributed by atoms with Crippen LogP contribution in [0.1, 0.15) is 36.4 Å². The fraction of sp³-hybridized carbons (Fsp3) is 0.625. The minimum absolute atomic E-state index is 0.695. The zero-order valence-corrected chi connectivity index (χ0v) is 11.4. The summed E-state index contributed by atoms with van der Waals surface area (Å²) in [5.41, 5.74) is 3.18. The predicted octanol–water partition coefficient (Wildman–Crippen LogP) is 2.61. The molecule has 0 aromatic heterocycles. The lowest BCUT2D eigenvalue weighted by Gasteiger charge is -2.37.